The highest BCUT2D eigenvalue weighted by molar-refractivity contribution is 6.78. The predicted molar refractivity (Wildman–Crippen MR) is 191 cm³/mol. The van der Waals surface area contributed by atoms with Gasteiger partial charge in [-0.2, -0.15) is 0 Å². The third-order valence-corrected chi connectivity index (χ3v) is 16.8. The lowest BCUT2D eigenvalue weighted by Crippen LogP contribution is -2.36. The van der Waals surface area contributed by atoms with Crippen molar-refractivity contribution in [2.75, 3.05) is 19.8 Å². The van der Waals surface area contributed by atoms with Gasteiger partial charge in [0.15, 0.2) is 0 Å². The number of ether oxygens (including phenoxy) is 2. The Morgan fingerprint density at radius 3 is 1.91 bits per heavy atom. The molecule has 0 aromatic heterocycles. The molecule has 45 heavy (non-hydrogen) atoms. The van der Waals surface area contributed by atoms with Crippen LogP contribution in [0, 0.1) is 29.6 Å². The van der Waals surface area contributed by atoms with Crippen LogP contribution in [0.15, 0.2) is 36.4 Å². The van der Waals surface area contributed by atoms with Crippen LogP contribution in [0.5, 0.6) is 5.75 Å². The first-order valence-electron chi connectivity index (χ1n) is 18.9. The largest absolute Gasteiger partial charge is 0.494 e. The van der Waals surface area contributed by atoms with Gasteiger partial charge in [0.2, 0.25) is 0 Å². The first-order valence-corrected chi connectivity index (χ1v) is 22.1. The van der Waals surface area contributed by atoms with Crippen LogP contribution in [0.25, 0.3) is 0 Å². The predicted octanol–water partition coefficient (Wildman–Crippen LogP) is 10.7. The van der Waals surface area contributed by atoms with E-state index in [1.54, 1.807) is 25.8 Å². The number of aliphatic hydroxyl groups excluding tert-OH is 1. The van der Waals surface area contributed by atoms with Gasteiger partial charge in [-0.3, -0.25) is 0 Å². The molecule has 3 saturated carbocycles. The molecule has 0 heterocycles. The molecule has 0 bridgehead atoms. The molecule has 4 rings (SSSR count). The number of carbonyl (C=O) groups excluding carboxylic acids is 1. The number of benzene rings is 1. The third kappa shape index (κ3) is 11.0. The Hall–Kier alpha value is -1.59. The van der Waals surface area contributed by atoms with Crippen molar-refractivity contribution >= 4 is 14.0 Å². The van der Waals surface area contributed by atoms with E-state index in [0.717, 1.165) is 47.8 Å². The lowest BCUT2D eigenvalue weighted by Gasteiger charge is -2.43. The van der Waals surface area contributed by atoms with Crippen LogP contribution in [0.3, 0.4) is 0 Å². The average Bonchev–Trinajstić information content (AvgIpc) is 3.07. The number of hydrogen-bond donors (Lipinski definition) is 1. The van der Waals surface area contributed by atoms with Crippen molar-refractivity contribution < 1.29 is 19.4 Å². The fraction of sp³-hybridized carbons (Fsp3) is 0.775. The van der Waals surface area contributed by atoms with Gasteiger partial charge >= 0.3 is 5.97 Å². The quantitative estimate of drug-likeness (QED) is 0.0847. The number of unbranched alkanes of at least 4 members (excludes halogenated alkanes) is 1. The fourth-order valence-electron chi connectivity index (χ4n) is 9.16. The van der Waals surface area contributed by atoms with E-state index in [9.17, 15) is 9.90 Å². The molecule has 5 heteroatoms. The molecule has 254 valence electrons. The highest BCUT2D eigenvalue weighted by atomic mass is 28.3. The van der Waals surface area contributed by atoms with Gasteiger partial charge in [-0.1, -0.05) is 83.3 Å². The minimum Gasteiger partial charge on any atom is -0.494 e. The van der Waals surface area contributed by atoms with E-state index in [1.165, 1.54) is 82.6 Å². The summed E-state index contributed by atoms with van der Waals surface area (Å²) in [5.41, 5.74) is 2.95. The molecule has 4 nitrogen and oxygen atoms in total. The number of esters is 1. The summed E-state index contributed by atoms with van der Waals surface area (Å²) in [4.78, 5) is 11.6. The van der Waals surface area contributed by atoms with E-state index in [1.807, 2.05) is 0 Å². The Labute approximate surface area is 277 Å². The van der Waals surface area contributed by atoms with Crippen molar-refractivity contribution in [2.45, 2.75) is 147 Å². The molecule has 0 spiro atoms. The van der Waals surface area contributed by atoms with Crippen molar-refractivity contribution in [2.24, 2.45) is 29.6 Å². The molecule has 1 N–H and O–H groups in total. The number of hydrogen-bond acceptors (Lipinski definition) is 4. The smallest absolute Gasteiger partial charge is 0.333 e. The van der Waals surface area contributed by atoms with Gasteiger partial charge in [0.05, 0.1) is 21.3 Å². The van der Waals surface area contributed by atoms with Gasteiger partial charge in [0.1, 0.15) is 5.75 Å². The van der Waals surface area contributed by atoms with Gasteiger partial charge in [0, 0.05) is 18.1 Å². The molecule has 1 unspecified atom stereocenters. The minimum atomic E-state index is -1.02. The molecular weight excluding hydrogens is 573 g/mol. The second-order valence-electron chi connectivity index (χ2n) is 16.0. The fourth-order valence-corrected chi connectivity index (χ4v) is 12.7. The van der Waals surface area contributed by atoms with Crippen molar-refractivity contribution in [3.63, 3.8) is 0 Å². The van der Waals surface area contributed by atoms with Gasteiger partial charge in [0.25, 0.3) is 0 Å². The zero-order chi connectivity index (χ0) is 32.2. The first-order chi connectivity index (χ1) is 21.7. The van der Waals surface area contributed by atoms with Crippen molar-refractivity contribution in [3.05, 3.63) is 42.0 Å². The summed E-state index contributed by atoms with van der Waals surface area (Å²) in [6, 6.07) is 10.4. The van der Waals surface area contributed by atoms with Gasteiger partial charge in [-0.05, 0) is 124 Å². The summed E-state index contributed by atoms with van der Waals surface area (Å²) < 4.78 is 11.2. The number of rotatable bonds is 16. The highest BCUT2D eigenvalue weighted by Gasteiger charge is 2.38. The summed E-state index contributed by atoms with van der Waals surface area (Å²) in [6.45, 7) is 13.8. The summed E-state index contributed by atoms with van der Waals surface area (Å²) >= 11 is 0. The van der Waals surface area contributed by atoms with E-state index in [2.05, 4.69) is 50.9 Å². The first kappa shape index (κ1) is 36.2. The maximum atomic E-state index is 11.6. The van der Waals surface area contributed by atoms with Crippen LogP contribution in [0.1, 0.15) is 128 Å². The normalized spacial score (nSPS) is 28.3. The maximum absolute atomic E-state index is 11.6. The summed E-state index contributed by atoms with van der Waals surface area (Å²) in [6.07, 6.45) is 22.1. The lowest BCUT2D eigenvalue weighted by molar-refractivity contribution is -0.140. The minimum absolute atomic E-state index is 0.00157. The monoisotopic (exact) mass is 638 g/mol. The van der Waals surface area contributed by atoms with E-state index in [0.29, 0.717) is 18.1 Å². The average molecular weight is 639 g/mol. The van der Waals surface area contributed by atoms with E-state index >= 15 is 0 Å². The molecule has 3 aliphatic rings. The number of carbonyl (C=O) groups is 1. The Balaban J connectivity index is 1.10. The van der Waals surface area contributed by atoms with Crippen molar-refractivity contribution in [3.8, 4) is 5.75 Å². The van der Waals surface area contributed by atoms with Crippen molar-refractivity contribution in [1.29, 1.82) is 0 Å². The molecule has 3 fully saturated rings. The van der Waals surface area contributed by atoms with Crippen LogP contribution in [0.2, 0.25) is 24.7 Å². The molecule has 1 aromatic carbocycles. The van der Waals surface area contributed by atoms with E-state index in [4.69, 9.17) is 9.47 Å². The Bertz CT molecular complexity index is 1010. The molecule has 0 saturated heterocycles. The van der Waals surface area contributed by atoms with Crippen LogP contribution < -0.4 is 4.74 Å². The van der Waals surface area contributed by atoms with Crippen molar-refractivity contribution in [1.82, 2.24) is 0 Å². The molecule has 1 aromatic rings. The Morgan fingerprint density at radius 2 is 1.40 bits per heavy atom. The summed E-state index contributed by atoms with van der Waals surface area (Å²) in [5, 5.41) is 9.59. The molecule has 1 atom stereocenters. The molecule has 0 aliphatic heterocycles. The Kier molecular flexibility index (Phi) is 14.6. The molecule has 0 amide bonds. The van der Waals surface area contributed by atoms with Gasteiger partial charge in [-0.25, -0.2) is 4.79 Å². The molecule has 3 aliphatic carbocycles. The SMILES string of the molecule is C=C(C)C(=O)OCC(CO)CCCOc1ccc(C2CCC(C3CCC(C4CCC([Si](C)(C)CCCC)CC4)CC3)CC2)cc1. The lowest BCUT2D eigenvalue weighted by atomic mass is 9.65. The highest BCUT2D eigenvalue weighted by Crippen LogP contribution is 2.49. The zero-order valence-corrected chi connectivity index (χ0v) is 30.4. The molecular formula is C40H66O4Si. The topological polar surface area (TPSA) is 55.8 Å². The summed E-state index contributed by atoms with van der Waals surface area (Å²) in [5.74, 6) is 5.15. The zero-order valence-electron chi connectivity index (χ0n) is 29.4. The van der Waals surface area contributed by atoms with Crippen LogP contribution in [0.4, 0.5) is 0 Å². The van der Waals surface area contributed by atoms with Crippen LogP contribution in [-0.4, -0.2) is 39.0 Å². The molecule has 0 radical (unpaired) electrons. The van der Waals surface area contributed by atoms with Gasteiger partial charge in [-0.15, -0.1) is 0 Å². The Morgan fingerprint density at radius 1 is 0.867 bits per heavy atom. The number of aliphatic hydroxyl groups is 1. The maximum Gasteiger partial charge on any atom is 0.333 e. The second kappa shape index (κ2) is 18.1. The second-order valence-corrected chi connectivity index (χ2v) is 21.3. The standard InChI is InChI=1S/C40H66O4Si/c1-6-7-27-45(4,5)39-24-20-37(21-25-39)35-16-12-33(13-17-35)32-10-14-34(15-11-32)36-18-22-38(23-19-36)43-26-8-9-31(28-41)29-44-40(42)30(2)3/h18-19,22-23,31-35,37,39,41H,2,6-17,20-21,24-29H2,1,3-5H3. The van der Waals surface area contributed by atoms with Crippen LogP contribution >= 0.6 is 0 Å². The summed E-state index contributed by atoms with van der Waals surface area (Å²) in [7, 11) is -1.02. The van der Waals surface area contributed by atoms with E-state index < -0.39 is 14.0 Å². The third-order valence-electron chi connectivity index (χ3n) is 12.4. The van der Waals surface area contributed by atoms with E-state index in [-0.39, 0.29) is 19.1 Å². The van der Waals surface area contributed by atoms with Gasteiger partial charge < -0.3 is 14.6 Å². The van der Waals surface area contributed by atoms with Crippen LogP contribution in [-0.2, 0) is 9.53 Å².